The fourth-order valence-corrected chi connectivity index (χ4v) is 1.58. The molecule has 0 heterocycles. The fraction of sp³-hybridized carbons (Fsp3) is 0.500. The first-order valence-electron chi connectivity index (χ1n) is 6.60. The molecule has 0 aliphatic rings. The summed E-state index contributed by atoms with van der Waals surface area (Å²) >= 11 is 0. The van der Waals surface area contributed by atoms with Crippen molar-refractivity contribution in [1.29, 1.82) is 0 Å². The maximum atomic E-state index is 12.0. The summed E-state index contributed by atoms with van der Waals surface area (Å²) in [6, 6.07) is 6.15. The number of amides is 1. The summed E-state index contributed by atoms with van der Waals surface area (Å²) in [6.45, 7) is -0.189. The van der Waals surface area contributed by atoms with Crippen LogP contribution in [0.4, 0.5) is 13.2 Å². The van der Waals surface area contributed by atoms with Crippen LogP contribution in [0, 0.1) is 0 Å². The molecule has 0 bridgehead atoms. The van der Waals surface area contributed by atoms with Gasteiger partial charge in [-0.05, 0) is 37.7 Å². The Balaban J connectivity index is 2.32. The van der Waals surface area contributed by atoms with Crippen LogP contribution in [0.15, 0.2) is 24.3 Å². The van der Waals surface area contributed by atoms with Crippen molar-refractivity contribution in [2.45, 2.75) is 25.6 Å². The van der Waals surface area contributed by atoms with Crippen LogP contribution in [0.3, 0.4) is 0 Å². The van der Waals surface area contributed by atoms with Gasteiger partial charge in [0, 0.05) is 13.0 Å². The van der Waals surface area contributed by atoms with Gasteiger partial charge >= 0.3 is 6.18 Å². The molecule has 1 aromatic rings. The smallest absolute Gasteiger partial charge is 0.422 e. The summed E-state index contributed by atoms with van der Waals surface area (Å²) in [6.07, 6.45) is -3.15. The summed E-state index contributed by atoms with van der Waals surface area (Å²) in [5, 5.41) is 5.70. The van der Waals surface area contributed by atoms with Gasteiger partial charge in [0.2, 0.25) is 5.91 Å². The standard InChI is InChI=1S/C14H19F3N2O2/c1-18-8-2-3-13(20)19-9-11-4-6-12(7-5-11)21-10-14(15,16)17/h4-7,18H,2-3,8-10H2,1H3,(H,19,20). The van der Waals surface area contributed by atoms with Crippen molar-refractivity contribution >= 4 is 5.91 Å². The van der Waals surface area contributed by atoms with E-state index in [9.17, 15) is 18.0 Å². The Hall–Kier alpha value is -1.76. The van der Waals surface area contributed by atoms with E-state index in [0.717, 1.165) is 18.5 Å². The molecule has 0 spiro atoms. The van der Waals surface area contributed by atoms with E-state index in [1.54, 1.807) is 12.1 Å². The lowest BCUT2D eigenvalue weighted by Gasteiger charge is -2.10. The van der Waals surface area contributed by atoms with Crippen molar-refractivity contribution in [3.05, 3.63) is 29.8 Å². The third-order valence-electron chi connectivity index (χ3n) is 2.65. The first kappa shape index (κ1) is 17.3. The monoisotopic (exact) mass is 304 g/mol. The highest BCUT2D eigenvalue weighted by Crippen LogP contribution is 2.18. The van der Waals surface area contributed by atoms with Crippen molar-refractivity contribution in [1.82, 2.24) is 10.6 Å². The number of ether oxygens (including phenoxy) is 1. The minimum atomic E-state index is -4.35. The molecule has 0 saturated carbocycles. The van der Waals surface area contributed by atoms with Crippen LogP contribution in [-0.2, 0) is 11.3 Å². The molecule has 1 rings (SSSR count). The van der Waals surface area contributed by atoms with Crippen molar-refractivity contribution in [3.63, 3.8) is 0 Å². The van der Waals surface area contributed by atoms with E-state index in [4.69, 9.17) is 0 Å². The largest absolute Gasteiger partial charge is 0.484 e. The highest BCUT2D eigenvalue weighted by Gasteiger charge is 2.28. The van der Waals surface area contributed by atoms with E-state index in [0.29, 0.717) is 13.0 Å². The van der Waals surface area contributed by atoms with Gasteiger partial charge in [-0.25, -0.2) is 0 Å². The average Bonchev–Trinajstić information content (AvgIpc) is 2.43. The van der Waals surface area contributed by atoms with E-state index in [1.807, 2.05) is 7.05 Å². The second kappa shape index (κ2) is 8.51. The summed E-state index contributed by atoms with van der Waals surface area (Å²) in [4.78, 5) is 11.5. The quantitative estimate of drug-likeness (QED) is 0.724. The Morgan fingerprint density at radius 2 is 1.90 bits per heavy atom. The van der Waals surface area contributed by atoms with E-state index >= 15 is 0 Å². The highest BCUT2D eigenvalue weighted by molar-refractivity contribution is 5.75. The van der Waals surface area contributed by atoms with Gasteiger partial charge in [-0.1, -0.05) is 12.1 Å². The van der Waals surface area contributed by atoms with Crippen molar-refractivity contribution in [3.8, 4) is 5.75 Å². The number of hydrogen-bond donors (Lipinski definition) is 2. The molecule has 0 aromatic heterocycles. The van der Waals surface area contributed by atoms with Gasteiger partial charge in [0.1, 0.15) is 5.75 Å². The first-order chi connectivity index (χ1) is 9.90. The predicted octanol–water partition coefficient (Wildman–Crippen LogP) is 2.24. The molecular weight excluding hydrogens is 285 g/mol. The number of carbonyl (C=O) groups excluding carboxylic acids is 1. The molecule has 0 fully saturated rings. The van der Waals surface area contributed by atoms with E-state index in [1.165, 1.54) is 12.1 Å². The zero-order chi connectivity index (χ0) is 15.7. The Morgan fingerprint density at radius 3 is 2.48 bits per heavy atom. The normalized spacial score (nSPS) is 11.2. The van der Waals surface area contributed by atoms with Crippen LogP contribution in [0.1, 0.15) is 18.4 Å². The van der Waals surface area contributed by atoms with Crippen molar-refractivity contribution in [2.75, 3.05) is 20.2 Å². The molecule has 1 aromatic carbocycles. The Labute approximate surface area is 121 Å². The molecule has 2 N–H and O–H groups in total. The van der Waals surface area contributed by atoms with Gasteiger partial charge in [-0.3, -0.25) is 4.79 Å². The number of carbonyl (C=O) groups is 1. The molecule has 118 valence electrons. The number of halogens is 3. The van der Waals surface area contributed by atoms with Gasteiger partial charge in [-0.2, -0.15) is 13.2 Å². The van der Waals surface area contributed by atoms with E-state index in [2.05, 4.69) is 15.4 Å². The average molecular weight is 304 g/mol. The highest BCUT2D eigenvalue weighted by atomic mass is 19.4. The zero-order valence-electron chi connectivity index (χ0n) is 11.8. The minimum absolute atomic E-state index is 0.0531. The first-order valence-corrected chi connectivity index (χ1v) is 6.60. The Kier molecular flexibility index (Phi) is 7.01. The van der Waals surface area contributed by atoms with Crippen molar-refractivity contribution in [2.24, 2.45) is 0 Å². The third-order valence-corrected chi connectivity index (χ3v) is 2.65. The fourth-order valence-electron chi connectivity index (χ4n) is 1.58. The summed E-state index contributed by atoms with van der Waals surface area (Å²) in [7, 11) is 1.82. The number of nitrogens with one attached hydrogen (secondary N) is 2. The molecule has 4 nitrogen and oxygen atoms in total. The molecule has 0 atom stereocenters. The van der Waals surface area contributed by atoms with Crippen LogP contribution in [0.25, 0.3) is 0 Å². The van der Waals surface area contributed by atoms with Gasteiger partial charge in [0.25, 0.3) is 0 Å². The lowest BCUT2D eigenvalue weighted by molar-refractivity contribution is -0.153. The second-order valence-corrected chi connectivity index (χ2v) is 4.53. The topological polar surface area (TPSA) is 50.4 Å². The SMILES string of the molecule is CNCCCC(=O)NCc1ccc(OCC(F)(F)F)cc1. The minimum Gasteiger partial charge on any atom is -0.484 e. The number of benzene rings is 1. The third kappa shape index (κ3) is 8.19. The number of alkyl halides is 3. The summed E-state index contributed by atoms with van der Waals surface area (Å²) in [5.74, 6) is 0.0964. The van der Waals surface area contributed by atoms with E-state index < -0.39 is 12.8 Å². The number of rotatable bonds is 8. The zero-order valence-corrected chi connectivity index (χ0v) is 11.8. The molecule has 7 heteroatoms. The van der Waals surface area contributed by atoms with Crippen LogP contribution in [0.2, 0.25) is 0 Å². The maximum absolute atomic E-state index is 12.0. The Morgan fingerprint density at radius 1 is 1.24 bits per heavy atom. The van der Waals surface area contributed by atoms with Crippen LogP contribution < -0.4 is 15.4 Å². The molecular formula is C14H19F3N2O2. The molecule has 0 aliphatic carbocycles. The van der Waals surface area contributed by atoms with Crippen LogP contribution in [0.5, 0.6) is 5.75 Å². The molecule has 1 amide bonds. The molecule has 21 heavy (non-hydrogen) atoms. The molecule has 0 saturated heterocycles. The Bertz CT molecular complexity index is 433. The summed E-state index contributed by atoms with van der Waals surface area (Å²) < 4.78 is 40.5. The van der Waals surface area contributed by atoms with Gasteiger partial charge in [-0.15, -0.1) is 0 Å². The van der Waals surface area contributed by atoms with Crippen LogP contribution >= 0.6 is 0 Å². The predicted molar refractivity (Wildman–Crippen MR) is 73.0 cm³/mol. The molecule has 0 aliphatic heterocycles. The van der Waals surface area contributed by atoms with Gasteiger partial charge < -0.3 is 15.4 Å². The van der Waals surface area contributed by atoms with Gasteiger partial charge in [0.15, 0.2) is 6.61 Å². The van der Waals surface area contributed by atoms with E-state index in [-0.39, 0.29) is 11.7 Å². The van der Waals surface area contributed by atoms with Gasteiger partial charge in [0.05, 0.1) is 0 Å². The van der Waals surface area contributed by atoms with Crippen LogP contribution in [-0.4, -0.2) is 32.3 Å². The molecule has 0 unspecified atom stereocenters. The molecule has 0 radical (unpaired) electrons. The second-order valence-electron chi connectivity index (χ2n) is 4.53. The number of hydrogen-bond acceptors (Lipinski definition) is 3. The maximum Gasteiger partial charge on any atom is 0.422 e. The lowest BCUT2D eigenvalue weighted by atomic mass is 10.2. The summed E-state index contributed by atoms with van der Waals surface area (Å²) in [5.41, 5.74) is 0.802. The van der Waals surface area contributed by atoms with Crippen molar-refractivity contribution < 1.29 is 22.7 Å². The lowest BCUT2D eigenvalue weighted by Crippen LogP contribution is -2.23.